The second-order valence-corrected chi connectivity index (χ2v) is 11.0. The van der Waals surface area contributed by atoms with Gasteiger partial charge in [-0.2, -0.15) is 0 Å². The summed E-state index contributed by atoms with van der Waals surface area (Å²) in [6.07, 6.45) is 0.581. The molecule has 11 heteroatoms. The molecule has 2 amide bonds. The number of amides is 2. The van der Waals surface area contributed by atoms with Crippen LogP contribution in [0.2, 0.25) is 10.0 Å². The van der Waals surface area contributed by atoms with E-state index in [0.29, 0.717) is 19.3 Å². The van der Waals surface area contributed by atoms with Gasteiger partial charge in [-0.25, -0.2) is 8.78 Å². The van der Waals surface area contributed by atoms with E-state index in [1.165, 1.54) is 24.3 Å². The van der Waals surface area contributed by atoms with Crippen LogP contribution in [0.25, 0.3) is 0 Å². The molecule has 2 N–H and O–H groups in total. The van der Waals surface area contributed by atoms with Crippen LogP contribution in [0.4, 0.5) is 8.78 Å². The molecule has 6 rings (SSSR count). The lowest BCUT2D eigenvalue weighted by molar-refractivity contribution is -0.155. The predicted molar refractivity (Wildman–Crippen MR) is 144 cm³/mol. The number of carbonyl (C=O) groups excluding carboxylic acids is 2. The molecule has 0 radical (unpaired) electrons. The molecule has 3 saturated carbocycles. The molecule has 2 bridgehead atoms. The molecule has 3 aromatic carbocycles. The average Bonchev–Trinajstić information content (AvgIpc) is 2.89. The minimum Gasteiger partial charge on any atom is -0.484 e. The monoisotopic (exact) mass is 590 g/mol. The van der Waals surface area contributed by atoms with E-state index in [0.717, 1.165) is 17.7 Å². The number of hydrogen-bond donors (Lipinski definition) is 2. The fourth-order valence-electron chi connectivity index (χ4n) is 5.18. The molecule has 1 atom stereocenters. The van der Waals surface area contributed by atoms with E-state index in [9.17, 15) is 18.4 Å². The summed E-state index contributed by atoms with van der Waals surface area (Å²) in [5.41, 5.74) is 0.0244. The second-order valence-electron chi connectivity index (χ2n) is 10.2. The summed E-state index contributed by atoms with van der Waals surface area (Å²) in [5, 5.41) is 5.87. The van der Waals surface area contributed by atoms with Crippen molar-refractivity contribution in [1.29, 1.82) is 0 Å². The van der Waals surface area contributed by atoms with Gasteiger partial charge in [-0.3, -0.25) is 9.59 Å². The summed E-state index contributed by atoms with van der Waals surface area (Å²) in [7, 11) is 0. The number of rotatable bonds is 12. The van der Waals surface area contributed by atoms with Crippen molar-refractivity contribution in [2.45, 2.75) is 43.1 Å². The third-order valence-electron chi connectivity index (χ3n) is 6.93. The molecule has 3 aromatic rings. The maximum absolute atomic E-state index is 14.0. The first-order chi connectivity index (χ1) is 19.1. The van der Waals surface area contributed by atoms with Gasteiger partial charge in [-0.05, 0) is 49.1 Å². The number of nitrogens with one attached hydrogen (secondary N) is 2. The number of ether oxygens (including phenoxy) is 3. The molecule has 3 aliphatic rings. The van der Waals surface area contributed by atoms with Gasteiger partial charge in [0.1, 0.15) is 23.1 Å². The van der Waals surface area contributed by atoms with E-state index in [-0.39, 0.29) is 47.3 Å². The Balaban J connectivity index is 1.13. The highest BCUT2D eigenvalue weighted by molar-refractivity contribution is 6.31. The van der Waals surface area contributed by atoms with Crippen molar-refractivity contribution in [3.05, 3.63) is 94.0 Å². The molecule has 0 spiro atoms. The van der Waals surface area contributed by atoms with Crippen molar-refractivity contribution in [3.8, 4) is 11.5 Å². The highest BCUT2D eigenvalue weighted by Gasteiger charge is 2.69. The highest BCUT2D eigenvalue weighted by atomic mass is 35.5. The number of carbonyl (C=O) groups is 2. The molecule has 40 heavy (non-hydrogen) atoms. The van der Waals surface area contributed by atoms with Crippen LogP contribution < -0.4 is 20.1 Å². The van der Waals surface area contributed by atoms with Crippen LogP contribution in [0.15, 0.2) is 66.7 Å². The minimum atomic E-state index is -1.04. The molecular formula is C29H26Cl2F2N2O5. The van der Waals surface area contributed by atoms with Gasteiger partial charge in [0.05, 0.1) is 23.3 Å². The maximum Gasteiger partial charge on any atom is 0.263 e. The van der Waals surface area contributed by atoms with Gasteiger partial charge in [0.25, 0.3) is 11.8 Å². The van der Waals surface area contributed by atoms with E-state index in [4.69, 9.17) is 37.4 Å². The molecule has 0 aromatic heterocycles. The molecule has 210 valence electrons. The highest BCUT2D eigenvalue weighted by Crippen LogP contribution is 2.60. The van der Waals surface area contributed by atoms with Gasteiger partial charge in [0.15, 0.2) is 12.7 Å². The normalized spacial score (nSPS) is 21.4. The van der Waals surface area contributed by atoms with E-state index < -0.39 is 34.7 Å². The summed E-state index contributed by atoms with van der Waals surface area (Å²) in [6, 6.07) is 17.4. The third-order valence-corrected chi connectivity index (χ3v) is 7.54. The van der Waals surface area contributed by atoms with Gasteiger partial charge in [-0.15, -0.1) is 0 Å². The van der Waals surface area contributed by atoms with Crippen LogP contribution >= 0.6 is 23.2 Å². The van der Waals surface area contributed by atoms with Crippen LogP contribution in [0.5, 0.6) is 11.5 Å². The van der Waals surface area contributed by atoms with Crippen molar-refractivity contribution in [2.24, 2.45) is 0 Å². The van der Waals surface area contributed by atoms with Crippen LogP contribution in [-0.4, -0.2) is 42.2 Å². The Morgan fingerprint density at radius 2 is 1.45 bits per heavy atom. The smallest absolute Gasteiger partial charge is 0.263 e. The third kappa shape index (κ3) is 6.49. The molecule has 3 aliphatic carbocycles. The zero-order chi connectivity index (χ0) is 28.3. The van der Waals surface area contributed by atoms with Gasteiger partial charge < -0.3 is 24.8 Å². The first-order valence-corrected chi connectivity index (χ1v) is 13.3. The Bertz CT molecular complexity index is 1390. The fourth-order valence-corrected chi connectivity index (χ4v) is 5.41. The van der Waals surface area contributed by atoms with Crippen LogP contribution in [0.3, 0.4) is 0 Å². The zero-order valence-corrected chi connectivity index (χ0v) is 22.7. The molecule has 0 saturated heterocycles. The van der Waals surface area contributed by atoms with Gasteiger partial charge >= 0.3 is 0 Å². The number of hydrogen-bond acceptors (Lipinski definition) is 5. The van der Waals surface area contributed by atoms with Crippen molar-refractivity contribution in [3.63, 3.8) is 0 Å². The maximum atomic E-state index is 14.0. The molecule has 0 aliphatic heterocycles. The fraction of sp³-hybridized carbons (Fsp3) is 0.310. The van der Waals surface area contributed by atoms with E-state index in [1.54, 1.807) is 0 Å². The van der Waals surface area contributed by atoms with Crippen molar-refractivity contribution in [1.82, 2.24) is 10.6 Å². The van der Waals surface area contributed by atoms with Crippen LogP contribution in [0, 0.1) is 11.6 Å². The van der Waals surface area contributed by atoms with Gasteiger partial charge in [0.2, 0.25) is 0 Å². The number of halogens is 4. The molecule has 1 unspecified atom stereocenters. The van der Waals surface area contributed by atoms with E-state index >= 15 is 0 Å². The zero-order valence-electron chi connectivity index (χ0n) is 21.2. The number of benzene rings is 3. The predicted octanol–water partition coefficient (Wildman–Crippen LogP) is 5.22. The summed E-state index contributed by atoms with van der Waals surface area (Å²) >= 11 is 11.4. The van der Waals surface area contributed by atoms with E-state index in [1.807, 2.05) is 30.3 Å². The largest absolute Gasteiger partial charge is 0.484 e. The second kappa shape index (κ2) is 11.6. The Morgan fingerprint density at radius 3 is 2.10 bits per heavy atom. The Hall–Kier alpha value is -3.40. The Kier molecular flexibility index (Phi) is 8.16. The van der Waals surface area contributed by atoms with Crippen molar-refractivity contribution in [2.75, 3.05) is 13.2 Å². The summed E-state index contributed by atoms with van der Waals surface area (Å²) < 4.78 is 44.4. The summed E-state index contributed by atoms with van der Waals surface area (Å²) in [5.74, 6) is -1.71. The Labute approximate surface area is 239 Å². The average molecular weight is 591 g/mol. The lowest BCUT2D eigenvalue weighted by Crippen LogP contribution is -2.84. The Morgan fingerprint density at radius 1 is 0.850 bits per heavy atom. The quantitative estimate of drug-likeness (QED) is 0.302. The SMILES string of the molecule is O=C(COc1ccc(Cl)c(F)c1)NC12CC(NC(=O)C(COCc3ccccc3)Oc3ccc(Cl)c(F)c3)(C1)C2. The molecule has 7 nitrogen and oxygen atoms in total. The minimum absolute atomic E-state index is 0.0336. The summed E-state index contributed by atoms with van der Waals surface area (Å²) in [6.45, 7) is -0.0754. The van der Waals surface area contributed by atoms with Crippen molar-refractivity contribution < 1.29 is 32.6 Å². The summed E-state index contributed by atoms with van der Waals surface area (Å²) in [4.78, 5) is 25.6. The van der Waals surface area contributed by atoms with Gasteiger partial charge in [-0.1, -0.05) is 53.5 Å². The first-order valence-electron chi connectivity index (χ1n) is 12.6. The lowest BCUT2D eigenvalue weighted by atomic mass is 9.44. The lowest BCUT2D eigenvalue weighted by Gasteiger charge is -2.70. The van der Waals surface area contributed by atoms with Crippen molar-refractivity contribution >= 4 is 35.0 Å². The van der Waals surface area contributed by atoms with Crippen LogP contribution in [-0.2, 0) is 20.9 Å². The topological polar surface area (TPSA) is 85.9 Å². The van der Waals surface area contributed by atoms with Crippen LogP contribution in [0.1, 0.15) is 24.8 Å². The molecule has 3 fully saturated rings. The first kappa shape index (κ1) is 28.1. The standard InChI is InChI=1S/C29H26Cl2F2N2O5/c30-21-8-6-19(10-23(21)32)39-14-26(36)34-28-15-29(16-28,17-28)35-27(37)25(13-38-12-18-4-2-1-3-5-18)40-20-7-9-22(31)24(33)11-20/h1-11,25H,12-17H2,(H,34,36)(H,35,37). The molecular weight excluding hydrogens is 565 g/mol. The molecule has 0 heterocycles. The van der Waals surface area contributed by atoms with Gasteiger partial charge in [0, 0.05) is 23.2 Å². The van der Waals surface area contributed by atoms with E-state index in [2.05, 4.69) is 10.6 Å².